The predicted molar refractivity (Wildman–Crippen MR) is 81.4 cm³/mol. The van der Waals surface area contributed by atoms with Crippen LogP contribution in [0.5, 0.6) is 0 Å². The van der Waals surface area contributed by atoms with Crippen molar-refractivity contribution in [1.82, 2.24) is 0 Å². The minimum absolute atomic E-state index is 0.0463. The number of aliphatic hydroxyl groups is 1. The van der Waals surface area contributed by atoms with Gasteiger partial charge in [0.15, 0.2) is 0 Å². The molecule has 0 unspecified atom stereocenters. The Morgan fingerprint density at radius 2 is 2.10 bits per heavy atom. The zero-order valence-electron chi connectivity index (χ0n) is 12.5. The van der Waals surface area contributed by atoms with Crippen molar-refractivity contribution in [2.75, 3.05) is 30.4 Å². The number of nitro groups is 1. The second-order valence-corrected chi connectivity index (χ2v) is 5.39. The summed E-state index contributed by atoms with van der Waals surface area (Å²) < 4.78 is 0. The van der Waals surface area contributed by atoms with Crippen molar-refractivity contribution in [3.63, 3.8) is 0 Å². The van der Waals surface area contributed by atoms with E-state index in [0.29, 0.717) is 17.9 Å². The third kappa shape index (κ3) is 3.39. The number of hydrogen-bond donors (Lipinski definition) is 2. The molecule has 0 amide bonds. The summed E-state index contributed by atoms with van der Waals surface area (Å²) in [6.45, 7) is 6.26. The van der Waals surface area contributed by atoms with Gasteiger partial charge in [0, 0.05) is 13.6 Å². The molecule has 0 radical (unpaired) electrons. The molecule has 0 saturated heterocycles. The van der Waals surface area contributed by atoms with Crippen LogP contribution in [-0.2, 0) is 0 Å². The molecule has 0 spiro atoms. The topological polar surface area (TPSA) is 78.6 Å². The van der Waals surface area contributed by atoms with Crippen LogP contribution in [-0.4, -0.2) is 35.8 Å². The number of likely N-dealkylation sites (N-methyl/N-ethyl adjacent to an activating group) is 1. The van der Waals surface area contributed by atoms with E-state index in [-0.39, 0.29) is 17.2 Å². The maximum atomic E-state index is 11.4. The van der Waals surface area contributed by atoms with Crippen molar-refractivity contribution in [3.05, 3.63) is 28.3 Å². The van der Waals surface area contributed by atoms with Crippen LogP contribution >= 0.6 is 0 Å². The molecule has 6 heteroatoms. The van der Waals surface area contributed by atoms with Crippen molar-refractivity contribution < 1.29 is 10.0 Å². The van der Waals surface area contributed by atoms with Gasteiger partial charge in [0.25, 0.3) is 0 Å². The van der Waals surface area contributed by atoms with E-state index in [1.54, 1.807) is 30.1 Å². The lowest BCUT2D eigenvalue weighted by Crippen LogP contribution is -2.44. The molecule has 0 aromatic heterocycles. The van der Waals surface area contributed by atoms with Gasteiger partial charge in [-0.25, -0.2) is 0 Å². The number of nitro benzene ring substituents is 1. The number of nitrogens with zero attached hydrogens (tertiary/aromatic N) is 2. The van der Waals surface area contributed by atoms with E-state index < -0.39 is 5.54 Å². The predicted octanol–water partition coefficient (Wildman–Crippen LogP) is 2.62. The highest BCUT2D eigenvalue weighted by Gasteiger charge is 2.30. The van der Waals surface area contributed by atoms with E-state index in [1.165, 1.54) is 0 Å². The number of anilines is 2. The van der Waals surface area contributed by atoms with Gasteiger partial charge in [0.1, 0.15) is 11.4 Å². The first-order chi connectivity index (χ1) is 9.35. The van der Waals surface area contributed by atoms with Crippen molar-refractivity contribution in [3.8, 4) is 0 Å². The summed E-state index contributed by atoms with van der Waals surface area (Å²) in [4.78, 5) is 12.8. The van der Waals surface area contributed by atoms with E-state index in [4.69, 9.17) is 0 Å². The standard InChI is InChI=1S/C14H23N3O3/c1-5-9-15-11-7-6-8-12(13(11)17(19)20)16(4)14(2,3)10-18/h6-8,15,18H,5,9-10H2,1-4H3. The average molecular weight is 281 g/mol. The van der Waals surface area contributed by atoms with Gasteiger partial charge in [0.05, 0.1) is 17.1 Å². The number of hydrogen-bond acceptors (Lipinski definition) is 5. The van der Waals surface area contributed by atoms with Crippen LogP contribution in [0.3, 0.4) is 0 Å². The summed E-state index contributed by atoms with van der Waals surface area (Å²) in [5.74, 6) is 0. The van der Waals surface area contributed by atoms with Crippen LogP contribution in [0.4, 0.5) is 17.1 Å². The van der Waals surface area contributed by atoms with E-state index >= 15 is 0 Å². The average Bonchev–Trinajstić information content (AvgIpc) is 2.43. The van der Waals surface area contributed by atoms with Crippen LogP contribution < -0.4 is 10.2 Å². The fourth-order valence-electron chi connectivity index (χ4n) is 1.83. The van der Waals surface area contributed by atoms with E-state index in [1.807, 2.05) is 20.8 Å². The molecule has 0 heterocycles. The number of nitrogens with one attached hydrogen (secondary N) is 1. The highest BCUT2D eigenvalue weighted by molar-refractivity contribution is 5.77. The molecular weight excluding hydrogens is 258 g/mol. The molecule has 20 heavy (non-hydrogen) atoms. The SMILES string of the molecule is CCCNc1cccc(N(C)C(C)(C)CO)c1[N+](=O)[O-]. The summed E-state index contributed by atoms with van der Waals surface area (Å²) in [5.41, 5.74) is 0.476. The minimum Gasteiger partial charge on any atom is -0.394 e. The molecule has 0 atom stereocenters. The molecule has 0 saturated carbocycles. The van der Waals surface area contributed by atoms with Crippen molar-refractivity contribution in [1.29, 1.82) is 0 Å². The van der Waals surface area contributed by atoms with Gasteiger partial charge in [-0.1, -0.05) is 13.0 Å². The third-order valence-corrected chi connectivity index (χ3v) is 3.42. The molecule has 2 N–H and O–H groups in total. The molecule has 1 aromatic rings. The molecule has 1 aromatic carbocycles. The zero-order valence-corrected chi connectivity index (χ0v) is 12.5. The molecule has 1 rings (SSSR count). The Kier molecular flexibility index (Phi) is 5.33. The molecule has 112 valence electrons. The van der Waals surface area contributed by atoms with Crippen molar-refractivity contribution in [2.24, 2.45) is 0 Å². The molecule has 6 nitrogen and oxygen atoms in total. The molecule has 0 aliphatic heterocycles. The number of para-hydroxylation sites is 1. The molecule has 0 aliphatic carbocycles. The van der Waals surface area contributed by atoms with Crippen LogP contribution in [0, 0.1) is 10.1 Å². The summed E-state index contributed by atoms with van der Waals surface area (Å²) in [5, 5.41) is 23.9. The van der Waals surface area contributed by atoms with E-state index in [9.17, 15) is 15.2 Å². The fraction of sp³-hybridized carbons (Fsp3) is 0.571. The summed E-state index contributed by atoms with van der Waals surface area (Å²) >= 11 is 0. The van der Waals surface area contributed by atoms with Gasteiger partial charge < -0.3 is 15.3 Å². The third-order valence-electron chi connectivity index (χ3n) is 3.42. The molecular formula is C14H23N3O3. The van der Waals surface area contributed by atoms with Gasteiger partial charge in [-0.05, 0) is 32.4 Å². The first kappa shape index (κ1) is 16.2. The van der Waals surface area contributed by atoms with E-state index in [0.717, 1.165) is 6.42 Å². The number of aliphatic hydroxyl groups excluding tert-OH is 1. The second-order valence-electron chi connectivity index (χ2n) is 5.39. The lowest BCUT2D eigenvalue weighted by atomic mass is 10.0. The Morgan fingerprint density at radius 3 is 2.60 bits per heavy atom. The van der Waals surface area contributed by atoms with Crippen LogP contribution in [0.15, 0.2) is 18.2 Å². The first-order valence-corrected chi connectivity index (χ1v) is 6.71. The van der Waals surface area contributed by atoms with Gasteiger partial charge in [-0.2, -0.15) is 0 Å². The lowest BCUT2D eigenvalue weighted by molar-refractivity contribution is -0.383. The monoisotopic (exact) mass is 281 g/mol. The van der Waals surface area contributed by atoms with Gasteiger partial charge >= 0.3 is 5.69 Å². The van der Waals surface area contributed by atoms with Crippen molar-refractivity contribution in [2.45, 2.75) is 32.7 Å². The summed E-state index contributed by atoms with van der Waals surface area (Å²) in [7, 11) is 1.75. The summed E-state index contributed by atoms with van der Waals surface area (Å²) in [6.07, 6.45) is 0.888. The highest BCUT2D eigenvalue weighted by atomic mass is 16.6. The van der Waals surface area contributed by atoms with Crippen LogP contribution in [0.25, 0.3) is 0 Å². The Bertz CT molecular complexity index is 475. The minimum atomic E-state index is -0.575. The lowest BCUT2D eigenvalue weighted by Gasteiger charge is -2.35. The maximum Gasteiger partial charge on any atom is 0.315 e. The maximum absolute atomic E-state index is 11.4. The smallest absolute Gasteiger partial charge is 0.315 e. The first-order valence-electron chi connectivity index (χ1n) is 6.71. The Morgan fingerprint density at radius 1 is 1.45 bits per heavy atom. The normalized spacial score (nSPS) is 11.2. The summed E-state index contributed by atoms with van der Waals surface area (Å²) in [6, 6.07) is 5.19. The number of benzene rings is 1. The zero-order chi connectivity index (χ0) is 15.3. The molecule has 0 fully saturated rings. The van der Waals surface area contributed by atoms with Crippen molar-refractivity contribution >= 4 is 17.1 Å². The van der Waals surface area contributed by atoms with Crippen LogP contribution in [0.1, 0.15) is 27.2 Å². The Labute approximate surface area is 119 Å². The second kappa shape index (κ2) is 6.56. The Hall–Kier alpha value is -1.82. The van der Waals surface area contributed by atoms with Gasteiger partial charge in [-0.15, -0.1) is 0 Å². The molecule has 0 aliphatic rings. The van der Waals surface area contributed by atoms with Crippen LogP contribution in [0.2, 0.25) is 0 Å². The quantitative estimate of drug-likeness (QED) is 0.593. The fourth-order valence-corrected chi connectivity index (χ4v) is 1.83. The Balaban J connectivity index is 3.29. The highest BCUT2D eigenvalue weighted by Crippen LogP contribution is 2.37. The molecule has 0 bridgehead atoms. The van der Waals surface area contributed by atoms with Gasteiger partial charge in [-0.3, -0.25) is 10.1 Å². The number of rotatable bonds is 7. The van der Waals surface area contributed by atoms with E-state index in [2.05, 4.69) is 5.32 Å². The van der Waals surface area contributed by atoms with Gasteiger partial charge in [0.2, 0.25) is 0 Å². The largest absolute Gasteiger partial charge is 0.394 e.